The van der Waals surface area contributed by atoms with E-state index in [1.54, 1.807) is 0 Å². The van der Waals surface area contributed by atoms with E-state index < -0.39 is 25.1 Å². The van der Waals surface area contributed by atoms with Crippen LogP contribution in [-0.2, 0) is 46.2 Å². The molecule has 8 heteroatoms. The van der Waals surface area contributed by atoms with Crippen LogP contribution in [0.3, 0.4) is 0 Å². The summed E-state index contributed by atoms with van der Waals surface area (Å²) in [5.74, 6) is 0. The SMILES string of the molecule is O=S(=O)(CS(=O)(=O)N(Cc1ccccc1)Cc1ccccc1)N(Cc1ccccc1)Cc1ccccc1. The maximum absolute atomic E-state index is 13.7. The maximum atomic E-state index is 13.7. The fourth-order valence-corrected chi connectivity index (χ4v) is 8.07. The van der Waals surface area contributed by atoms with Gasteiger partial charge in [0.15, 0.2) is 5.08 Å². The van der Waals surface area contributed by atoms with Gasteiger partial charge in [0.1, 0.15) is 0 Å². The molecule has 4 rings (SSSR count). The Morgan fingerprint density at radius 3 is 0.811 bits per heavy atom. The number of hydrogen-bond donors (Lipinski definition) is 0. The fourth-order valence-electron chi connectivity index (χ4n) is 3.99. The van der Waals surface area contributed by atoms with E-state index in [9.17, 15) is 16.8 Å². The minimum atomic E-state index is -4.20. The Labute approximate surface area is 219 Å². The van der Waals surface area contributed by atoms with E-state index in [2.05, 4.69) is 0 Å². The molecule has 4 aromatic carbocycles. The molecule has 0 heterocycles. The third-order valence-electron chi connectivity index (χ3n) is 5.89. The Balaban J connectivity index is 1.63. The van der Waals surface area contributed by atoms with Crippen LogP contribution in [0, 0.1) is 0 Å². The summed E-state index contributed by atoms with van der Waals surface area (Å²) < 4.78 is 57.2. The van der Waals surface area contributed by atoms with Gasteiger partial charge in [0, 0.05) is 26.2 Å². The van der Waals surface area contributed by atoms with Gasteiger partial charge in [-0.25, -0.2) is 16.8 Å². The lowest BCUT2D eigenvalue weighted by atomic mass is 10.2. The standard InChI is InChI=1S/C29H30N2O4S2/c32-36(33,30(21-26-13-5-1-6-14-26)22-27-15-7-2-8-16-27)25-37(34,35)31(23-28-17-9-3-10-18-28)24-29-19-11-4-12-20-29/h1-20H,21-25H2. The molecule has 4 aromatic rings. The number of rotatable bonds is 12. The highest BCUT2D eigenvalue weighted by atomic mass is 32.3. The Hall–Kier alpha value is -3.30. The molecule has 0 saturated heterocycles. The minimum absolute atomic E-state index is 0.0744. The molecule has 0 saturated carbocycles. The summed E-state index contributed by atoms with van der Waals surface area (Å²) in [6, 6.07) is 36.8. The molecule has 0 aliphatic carbocycles. The second-order valence-electron chi connectivity index (χ2n) is 8.82. The van der Waals surface area contributed by atoms with Crippen molar-refractivity contribution < 1.29 is 16.8 Å². The molecule has 6 nitrogen and oxygen atoms in total. The second-order valence-corrected chi connectivity index (χ2v) is 13.1. The number of nitrogens with zero attached hydrogens (tertiary/aromatic N) is 2. The second kappa shape index (κ2) is 12.3. The summed E-state index contributed by atoms with van der Waals surface area (Å²) in [5.41, 5.74) is 3.13. The largest absolute Gasteiger partial charge is 0.230 e. The molecular weight excluding hydrogens is 504 g/mol. The fraction of sp³-hybridized carbons (Fsp3) is 0.172. The topological polar surface area (TPSA) is 74.8 Å². The summed E-state index contributed by atoms with van der Waals surface area (Å²) in [4.78, 5) is 0. The molecule has 0 N–H and O–H groups in total. The maximum Gasteiger partial charge on any atom is 0.230 e. The Morgan fingerprint density at radius 2 is 0.595 bits per heavy atom. The average Bonchev–Trinajstić information content (AvgIpc) is 2.90. The molecule has 0 fully saturated rings. The predicted molar refractivity (Wildman–Crippen MR) is 147 cm³/mol. The number of sulfonamides is 2. The van der Waals surface area contributed by atoms with Crippen LogP contribution in [0.15, 0.2) is 121 Å². The zero-order chi connectivity index (χ0) is 26.1. The smallest absolute Gasteiger partial charge is 0.211 e. The van der Waals surface area contributed by atoms with Crippen molar-refractivity contribution in [3.8, 4) is 0 Å². The van der Waals surface area contributed by atoms with Gasteiger partial charge in [0.05, 0.1) is 0 Å². The van der Waals surface area contributed by atoms with E-state index in [0.717, 1.165) is 22.3 Å². The minimum Gasteiger partial charge on any atom is -0.211 e. The van der Waals surface area contributed by atoms with Crippen molar-refractivity contribution in [1.29, 1.82) is 0 Å². The van der Waals surface area contributed by atoms with E-state index >= 15 is 0 Å². The molecule has 0 bridgehead atoms. The molecule has 0 aliphatic heterocycles. The van der Waals surface area contributed by atoms with Crippen LogP contribution in [0.4, 0.5) is 0 Å². The van der Waals surface area contributed by atoms with Gasteiger partial charge in [-0.2, -0.15) is 8.61 Å². The molecule has 0 amide bonds. The molecule has 0 spiro atoms. The van der Waals surface area contributed by atoms with E-state index in [4.69, 9.17) is 0 Å². The highest BCUT2D eigenvalue weighted by Crippen LogP contribution is 2.20. The summed E-state index contributed by atoms with van der Waals surface area (Å²) in [6.45, 7) is 0.297. The summed E-state index contributed by atoms with van der Waals surface area (Å²) in [6.07, 6.45) is 0. The number of hydrogen-bond acceptors (Lipinski definition) is 4. The Morgan fingerprint density at radius 1 is 0.378 bits per heavy atom. The molecule has 192 valence electrons. The summed E-state index contributed by atoms with van der Waals surface area (Å²) in [5, 5.41) is -1.01. The van der Waals surface area contributed by atoms with E-state index in [0.29, 0.717) is 0 Å². The van der Waals surface area contributed by atoms with Crippen LogP contribution in [0.1, 0.15) is 22.3 Å². The van der Waals surface area contributed by atoms with E-state index in [-0.39, 0.29) is 26.2 Å². The van der Waals surface area contributed by atoms with Crippen molar-refractivity contribution >= 4 is 20.0 Å². The Kier molecular flexibility index (Phi) is 8.89. The lowest BCUT2D eigenvalue weighted by molar-refractivity contribution is 0.392. The van der Waals surface area contributed by atoms with Crippen molar-refractivity contribution in [3.05, 3.63) is 144 Å². The van der Waals surface area contributed by atoms with Gasteiger partial charge in [-0.3, -0.25) is 0 Å². The molecular formula is C29H30N2O4S2. The molecule has 0 aliphatic rings. The van der Waals surface area contributed by atoms with E-state index in [1.807, 2.05) is 121 Å². The first-order valence-corrected chi connectivity index (χ1v) is 15.1. The normalized spacial score (nSPS) is 12.2. The van der Waals surface area contributed by atoms with Gasteiger partial charge >= 0.3 is 0 Å². The quantitative estimate of drug-likeness (QED) is 0.256. The van der Waals surface area contributed by atoms with Gasteiger partial charge in [0.25, 0.3) is 0 Å². The zero-order valence-corrected chi connectivity index (χ0v) is 22.1. The number of benzene rings is 4. The highest BCUT2D eigenvalue weighted by molar-refractivity contribution is 8.05. The van der Waals surface area contributed by atoms with Crippen LogP contribution < -0.4 is 0 Å². The van der Waals surface area contributed by atoms with E-state index in [1.165, 1.54) is 8.61 Å². The lowest BCUT2D eigenvalue weighted by Crippen LogP contribution is -2.40. The predicted octanol–water partition coefficient (Wildman–Crippen LogP) is 5.01. The monoisotopic (exact) mass is 534 g/mol. The van der Waals surface area contributed by atoms with Gasteiger partial charge in [-0.1, -0.05) is 121 Å². The summed E-state index contributed by atoms with van der Waals surface area (Å²) >= 11 is 0. The van der Waals surface area contributed by atoms with Crippen molar-refractivity contribution in [3.63, 3.8) is 0 Å². The van der Waals surface area contributed by atoms with Gasteiger partial charge in [-0.05, 0) is 22.3 Å². The van der Waals surface area contributed by atoms with Crippen molar-refractivity contribution in [2.75, 3.05) is 5.08 Å². The Bertz CT molecular complexity index is 1270. The van der Waals surface area contributed by atoms with Gasteiger partial charge in [-0.15, -0.1) is 0 Å². The van der Waals surface area contributed by atoms with Crippen molar-refractivity contribution in [2.24, 2.45) is 0 Å². The van der Waals surface area contributed by atoms with Crippen LogP contribution in [0.5, 0.6) is 0 Å². The first kappa shape index (κ1) is 26.8. The van der Waals surface area contributed by atoms with Gasteiger partial charge in [0.2, 0.25) is 20.0 Å². The first-order valence-electron chi connectivity index (χ1n) is 11.9. The average molecular weight is 535 g/mol. The highest BCUT2D eigenvalue weighted by Gasteiger charge is 2.33. The van der Waals surface area contributed by atoms with Crippen LogP contribution in [0.2, 0.25) is 0 Å². The molecule has 0 radical (unpaired) electrons. The molecule has 0 unspecified atom stereocenters. The first-order chi connectivity index (χ1) is 17.8. The third-order valence-corrected chi connectivity index (χ3v) is 10.4. The van der Waals surface area contributed by atoms with Crippen molar-refractivity contribution in [2.45, 2.75) is 26.2 Å². The van der Waals surface area contributed by atoms with Crippen LogP contribution in [0.25, 0.3) is 0 Å². The zero-order valence-electron chi connectivity index (χ0n) is 20.4. The third kappa shape index (κ3) is 7.84. The molecule has 37 heavy (non-hydrogen) atoms. The van der Waals surface area contributed by atoms with Gasteiger partial charge < -0.3 is 0 Å². The van der Waals surface area contributed by atoms with Crippen LogP contribution in [-0.4, -0.2) is 30.5 Å². The molecule has 0 aromatic heterocycles. The summed E-state index contributed by atoms with van der Waals surface area (Å²) in [7, 11) is -8.40. The lowest BCUT2D eigenvalue weighted by Gasteiger charge is -2.26. The van der Waals surface area contributed by atoms with Crippen LogP contribution >= 0.6 is 0 Å². The van der Waals surface area contributed by atoms with Crippen molar-refractivity contribution in [1.82, 2.24) is 8.61 Å². The molecule has 0 atom stereocenters.